The molecule has 32 heavy (non-hydrogen) atoms. The van der Waals surface area contributed by atoms with Gasteiger partial charge < -0.3 is 10.2 Å². The highest BCUT2D eigenvalue weighted by atomic mass is 32.2. The van der Waals surface area contributed by atoms with Crippen LogP contribution < -0.4 is 10.2 Å². The van der Waals surface area contributed by atoms with Gasteiger partial charge in [-0.3, -0.25) is 9.59 Å². The molecule has 1 N–H and O–H groups in total. The van der Waals surface area contributed by atoms with Crippen LogP contribution in [0.1, 0.15) is 29.8 Å². The van der Waals surface area contributed by atoms with Crippen LogP contribution in [0.2, 0.25) is 0 Å². The van der Waals surface area contributed by atoms with Gasteiger partial charge in [-0.1, -0.05) is 79.7 Å². The number of rotatable bonds is 7. The molecule has 3 aromatic rings. The number of fused-ring (bicyclic) bond motifs is 1. The number of amides is 1. The van der Waals surface area contributed by atoms with E-state index in [1.54, 1.807) is 31.0 Å². The van der Waals surface area contributed by atoms with E-state index >= 15 is 0 Å². The third-order valence-electron chi connectivity index (χ3n) is 5.51. The molecule has 0 fully saturated rings. The lowest BCUT2D eigenvalue weighted by atomic mass is 10.1. The number of nitrogens with zero attached hydrogens (tertiary/aromatic N) is 2. The first-order valence-electron chi connectivity index (χ1n) is 10.8. The van der Waals surface area contributed by atoms with E-state index in [0.29, 0.717) is 18.7 Å². The molecule has 1 aliphatic heterocycles. The summed E-state index contributed by atoms with van der Waals surface area (Å²) in [7, 11) is 0. The molecule has 1 heterocycles. The Morgan fingerprint density at radius 2 is 1.56 bits per heavy atom. The zero-order valence-electron chi connectivity index (χ0n) is 18.3. The van der Waals surface area contributed by atoms with Crippen LogP contribution in [0.25, 0.3) is 0 Å². The average molecular weight is 446 g/mol. The number of ketones is 1. The largest absolute Gasteiger partial charge is 0.343 e. The Bertz CT molecular complexity index is 1070. The number of nitrogens with one attached hydrogen (secondary N) is 1. The van der Waals surface area contributed by atoms with Crippen LogP contribution in [0.5, 0.6) is 0 Å². The summed E-state index contributed by atoms with van der Waals surface area (Å²) in [5, 5.41) is 2.97. The van der Waals surface area contributed by atoms with Gasteiger partial charge in [-0.25, -0.2) is 4.31 Å². The molecule has 1 aliphatic rings. The Hall–Kier alpha value is -3.09. The van der Waals surface area contributed by atoms with Crippen LogP contribution in [0, 0.1) is 0 Å². The molecule has 5 nitrogen and oxygen atoms in total. The van der Waals surface area contributed by atoms with Crippen molar-refractivity contribution < 1.29 is 9.59 Å². The van der Waals surface area contributed by atoms with E-state index in [-0.39, 0.29) is 11.7 Å². The maximum atomic E-state index is 13.6. The second-order valence-corrected chi connectivity index (χ2v) is 8.83. The summed E-state index contributed by atoms with van der Waals surface area (Å²) in [6.45, 7) is 5.06. The zero-order chi connectivity index (χ0) is 22.5. The second-order valence-electron chi connectivity index (χ2n) is 7.74. The fraction of sp³-hybridized carbons (Fsp3) is 0.231. The number of para-hydroxylation sites is 1. The van der Waals surface area contributed by atoms with Crippen molar-refractivity contribution in [1.82, 2.24) is 9.62 Å². The molecule has 1 unspecified atom stereocenters. The highest BCUT2D eigenvalue weighted by Gasteiger charge is 2.38. The summed E-state index contributed by atoms with van der Waals surface area (Å²) in [4.78, 5) is 29.6. The van der Waals surface area contributed by atoms with Gasteiger partial charge in [-0.05, 0) is 36.6 Å². The monoisotopic (exact) mass is 445 g/mol. The summed E-state index contributed by atoms with van der Waals surface area (Å²) >= 11 is 1.59. The van der Waals surface area contributed by atoms with E-state index in [9.17, 15) is 9.59 Å². The van der Waals surface area contributed by atoms with Crippen molar-refractivity contribution in [1.29, 1.82) is 0 Å². The molecule has 1 amide bonds. The third-order valence-corrected chi connectivity index (χ3v) is 6.74. The molecular weight excluding hydrogens is 418 g/mol. The van der Waals surface area contributed by atoms with Gasteiger partial charge in [0.25, 0.3) is 5.91 Å². The lowest BCUT2D eigenvalue weighted by Crippen LogP contribution is -2.58. The number of benzene rings is 3. The van der Waals surface area contributed by atoms with Gasteiger partial charge in [0.1, 0.15) is 0 Å². The minimum Gasteiger partial charge on any atom is -0.343 e. The third kappa shape index (κ3) is 4.71. The van der Waals surface area contributed by atoms with E-state index in [4.69, 9.17) is 0 Å². The normalized spacial score (nSPS) is 16.8. The minimum atomic E-state index is -0.621. The van der Waals surface area contributed by atoms with E-state index in [1.165, 1.54) is 0 Å². The summed E-state index contributed by atoms with van der Waals surface area (Å²) in [5.74, 6) is -0.276. The number of hydrogen-bond acceptors (Lipinski definition) is 5. The van der Waals surface area contributed by atoms with E-state index in [1.807, 2.05) is 55.5 Å². The lowest BCUT2D eigenvalue weighted by Gasteiger charge is -2.43. The number of hydrogen-bond donors (Lipinski definition) is 1. The van der Waals surface area contributed by atoms with Gasteiger partial charge in [-0.2, -0.15) is 0 Å². The van der Waals surface area contributed by atoms with Crippen molar-refractivity contribution in [2.45, 2.75) is 37.5 Å². The Labute approximate surface area is 193 Å². The molecule has 0 aliphatic carbocycles. The number of carbonyl (C=O) groups is 2. The van der Waals surface area contributed by atoms with Gasteiger partial charge in [0.05, 0.1) is 11.7 Å². The van der Waals surface area contributed by atoms with Crippen LogP contribution in [0.4, 0.5) is 5.69 Å². The Morgan fingerprint density at radius 3 is 2.25 bits per heavy atom. The first kappa shape index (κ1) is 22.1. The van der Waals surface area contributed by atoms with E-state index in [0.717, 1.165) is 16.1 Å². The van der Waals surface area contributed by atoms with Crippen LogP contribution in [-0.4, -0.2) is 34.7 Å². The van der Waals surface area contributed by atoms with Crippen molar-refractivity contribution in [3.8, 4) is 0 Å². The quantitative estimate of drug-likeness (QED) is 0.420. The van der Waals surface area contributed by atoms with Gasteiger partial charge in [0, 0.05) is 23.5 Å². The fourth-order valence-electron chi connectivity index (χ4n) is 3.90. The predicted octanol–water partition coefficient (Wildman–Crippen LogP) is 4.75. The standard InChI is InChI=1S/C26H27N3O2S/c1-3-29-26(25(31)27-19(2)24(30)21-14-8-5-9-15-21)28(18-20-12-6-4-7-13-20)22-16-10-11-17-23(22)32-29/h4-17,19,26H,3,18H2,1-2H3,(H,27,31)/t19-,26?/m0/s1. The maximum Gasteiger partial charge on any atom is 0.259 e. The van der Waals surface area contributed by atoms with Crippen molar-refractivity contribution >= 4 is 29.3 Å². The zero-order valence-corrected chi connectivity index (χ0v) is 19.1. The SMILES string of the molecule is CCN1Sc2ccccc2N(Cc2ccccc2)C1C(=O)N[C@@H](C)C(=O)c1ccccc1. The summed E-state index contributed by atoms with van der Waals surface area (Å²) in [6.07, 6.45) is -0.536. The molecule has 0 spiro atoms. The number of likely N-dealkylation sites (N-methyl/N-ethyl adjacent to an activating group) is 1. The molecule has 4 rings (SSSR count). The number of anilines is 1. The average Bonchev–Trinajstić information content (AvgIpc) is 2.84. The van der Waals surface area contributed by atoms with Crippen LogP contribution in [-0.2, 0) is 11.3 Å². The molecule has 2 atom stereocenters. The molecule has 0 radical (unpaired) electrons. The van der Waals surface area contributed by atoms with E-state index < -0.39 is 12.2 Å². The van der Waals surface area contributed by atoms with Crippen molar-refractivity contribution in [2.75, 3.05) is 11.4 Å². The summed E-state index contributed by atoms with van der Waals surface area (Å²) < 4.78 is 2.07. The summed E-state index contributed by atoms with van der Waals surface area (Å²) in [6, 6.07) is 26.7. The van der Waals surface area contributed by atoms with Crippen LogP contribution >= 0.6 is 11.9 Å². The highest BCUT2D eigenvalue weighted by Crippen LogP contribution is 2.41. The molecule has 3 aromatic carbocycles. The molecular formula is C26H27N3O2S. The topological polar surface area (TPSA) is 52.6 Å². The van der Waals surface area contributed by atoms with Crippen molar-refractivity contribution in [3.05, 3.63) is 96.1 Å². The predicted molar refractivity (Wildman–Crippen MR) is 129 cm³/mol. The van der Waals surface area contributed by atoms with Gasteiger partial charge in [-0.15, -0.1) is 0 Å². The Morgan fingerprint density at radius 1 is 0.938 bits per heavy atom. The van der Waals surface area contributed by atoms with Crippen LogP contribution in [0.3, 0.4) is 0 Å². The molecule has 0 bridgehead atoms. The highest BCUT2D eigenvalue weighted by molar-refractivity contribution is 7.97. The van der Waals surface area contributed by atoms with Crippen molar-refractivity contribution in [3.63, 3.8) is 0 Å². The van der Waals surface area contributed by atoms with E-state index in [2.05, 4.69) is 38.8 Å². The first-order valence-corrected chi connectivity index (χ1v) is 11.6. The molecule has 0 saturated heterocycles. The molecule has 164 valence electrons. The van der Waals surface area contributed by atoms with Gasteiger partial charge in [0.2, 0.25) is 0 Å². The minimum absolute atomic E-state index is 0.0968. The molecule has 0 aromatic heterocycles. The Balaban J connectivity index is 1.62. The fourth-order valence-corrected chi connectivity index (χ4v) is 5.01. The lowest BCUT2D eigenvalue weighted by molar-refractivity contribution is -0.125. The van der Waals surface area contributed by atoms with Gasteiger partial charge >= 0.3 is 0 Å². The first-order chi connectivity index (χ1) is 15.6. The smallest absolute Gasteiger partial charge is 0.259 e. The maximum absolute atomic E-state index is 13.6. The Kier molecular flexibility index (Phi) is 6.93. The second kappa shape index (κ2) is 10.0. The van der Waals surface area contributed by atoms with Gasteiger partial charge in [0.15, 0.2) is 11.9 Å². The van der Waals surface area contributed by atoms with Crippen LogP contribution in [0.15, 0.2) is 89.8 Å². The molecule has 0 saturated carbocycles. The summed E-state index contributed by atoms with van der Waals surface area (Å²) in [5.41, 5.74) is 2.74. The van der Waals surface area contributed by atoms with Crippen molar-refractivity contribution in [2.24, 2.45) is 0 Å². The molecule has 6 heteroatoms. The number of carbonyl (C=O) groups excluding carboxylic acids is 2. The number of Topliss-reactive ketones (excluding diaryl/α,β-unsaturated/α-hetero) is 1.